The molecule has 0 aliphatic carbocycles. The first-order chi connectivity index (χ1) is 13.2. The van der Waals surface area contributed by atoms with Crippen molar-refractivity contribution in [1.82, 2.24) is 10.2 Å². The van der Waals surface area contributed by atoms with Gasteiger partial charge in [0.2, 0.25) is 5.75 Å². The van der Waals surface area contributed by atoms with E-state index in [1.807, 2.05) is 20.8 Å². The van der Waals surface area contributed by atoms with Crippen LogP contribution in [0.3, 0.4) is 0 Å². The van der Waals surface area contributed by atoms with E-state index < -0.39 is 11.7 Å². The summed E-state index contributed by atoms with van der Waals surface area (Å²) >= 11 is 0. The zero-order valence-corrected chi connectivity index (χ0v) is 17.5. The van der Waals surface area contributed by atoms with Gasteiger partial charge in [0.15, 0.2) is 11.5 Å². The lowest BCUT2D eigenvalue weighted by molar-refractivity contribution is 0.0473. The Bertz CT molecular complexity index is 680. The lowest BCUT2D eigenvalue weighted by Gasteiger charge is -2.33. The second-order valence-corrected chi connectivity index (χ2v) is 7.63. The molecule has 0 aromatic heterocycles. The van der Waals surface area contributed by atoms with Crippen LogP contribution >= 0.6 is 0 Å². The highest BCUT2D eigenvalue weighted by molar-refractivity contribution is 5.95. The first-order valence-corrected chi connectivity index (χ1v) is 9.27. The van der Waals surface area contributed by atoms with E-state index in [0.29, 0.717) is 48.7 Å². The largest absolute Gasteiger partial charge is 0.493 e. The molecule has 1 aliphatic heterocycles. The number of ether oxygens (including phenoxy) is 4. The second-order valence-electron chi connectivity index (χ2n) is 7.63. The first kappa shape index (κ1) is 21.7. The van der Waals surface area contributed by atoms with Gasteiger partial charge in [0.05, 0.1) is 21.3 Å². The van der Waals surface area contributed by atoms with E-state index in [1.54, 1.807) is 17.0 Å². The van der Waals surface area contributed by atoms with Gasteiger partial charge >= 0.3 is 6.09 Å². The van der Waals surface area contributed by atoms with Crippen molar-refractivity contribution in [3.05, 3.63) is 17.7 Å². The zero-order chi connectivity index (χ0) is 20.9. The highest BCUT2D eigenvalue weighted by Gasteiger charge is 2.27. The summed E-state index contributed by atoms with van der Waals surface area (Å²) in [5, 5.41) is 2.87. The summed E-state index contributed by atoms with van der Waals surface area (Å²) in [6.45, 7) is 6.55. The summed E-state index contributed by atoms with van der Waals surface area (Å²) in [5.41, 5.74) is -0.0687. The van der Waals surface area contributed by atoms with Crippen LogP contribution in [0, 0.1) is 0 Å². The molecule has 2 amide bonds. The molecule has 1 fully saturated rings. The molecule has 28 heavy (non-hydrogen) atoms. The van der Waals surface area contributed by atoms with Crippen molar-refractivity contribution in [3.8, 4) is 17.2 Å². The summed E-state index contributed by atoms with van der Waals surface area (Å²) < 4.78 is 21.2. The Morgan fingerprint density at radius 1 is 1.00 bits per heavy atom. The van der Waals surface area contributed by atoms with Crippen molar-refractivity contribution >= 4 is 12.0 Å². The van der Waals surface area contributed by atoms with Crippen LogP contribution in [0.15, 0.2) is 12.1 Å². The van der Waals surface area contributed by atoms with Crippen LogP contribution in [0.1, 0.15) is 44.0 Å². The molecule has 8 heteroatoms. The first-order valence-electron chi connectivity index (χ1n) is 9.27. The van der Waals surface area contributed by atoms with E-state index in [9.17, 15) is 9.59 Å². The number of methoxy groups -OCH3 is 3. The van der Waals surface area contributed by atoms with Crippen molar-refractivity contribution < 1.29 is 28.5 Å². The molecular formula is C20H30N2O6. The Morgan fingerprint density at radius 2 is 1.54 bits per heavy atom. The Balaban J connectivity index is 2.01. The van der Waals surface area contributed by atoms with E-state index in [1.165, 1.54) is 21.3 Å². The molecular weight excluding hydrogens is 364 g/mol. The van der Waals surface area contributed by atoms with Gasteiger partial charge < -0.3 is 29.2 Å². The second kappa shape index (κ2) is 9.03. The molecule has 0 radical (unpaired) electrons. The molecule has 1 N–H and O–H groups in total. The highest BCUT2D eigenvalue weighted by atomic mass is 16.6. The smallest absolute Gasteiger partial charge is 0.407 e. The van der Waals surface area contributed by atoms with Crippen molar-refractivity contribution in [2.75, 3.05) is 34.4 Å². The van der Waals surface area contributed by atoms with E-state index in [4.69, 9.17) is 18.9 Å². The zero-order valence-electron chi connectivity index (χ0n) is 17.5. The molecule has 0 spiro atoms. The van der Waals surface area contributed by atoms with Crippen LogP contribution in [0.4, 0.5) is 4.79 Å². The third-order valence-corrected chi connectivity index (χ3v) is 4.41. The minimum absolute atomic E-state index is 0.0150. The van der Waals surface area contributed by atoms with Crippen molar-refractivity contribution in [1.29, 1.82) is 0 Å². The molecule has 0 atom stereocenters. The number of carbonyl (C=O) groups is 2. The average Bonchev–Trinajstić information content (AvgIpc) is 2.65. The summed E-state index contributed by atoms with van der Waals surface area (Å²) in [6, 6.07) is 3.28. The quantitative estimate of drug-likeness (QED) is 0.826. The summed E-state index contributed by atoms with van der Waals surface area (Å²) in [7, 11) is 4.54. The molecule has 0 saturated carbocycles. The number of rotatable bonds is 5. The van der Waals surface area contributed by atoms with Crippen LogP contribution in [-0.2, 0) is 4.74 Å². The van der Waals surface area contributed by atoms with E-state index in [0.717, 1.165) is 0 Å². The Labute approximate surface area is 166 Å². The number of piperidine rings is 1. The lowest BCUT2D eigenvalue weighted by atomic mass is 10.0. The fourth-order valence-corrected chi connectivity index (χ4v) is 3.09. The van der Waals surface area contributed by atoms with Crippen LogP contribution in [0.25, 0.3) is 0 Å². The lowest BCUT2D eigenvalue weighted by Crippen LogP contribution is -2.47. The standard InChI is InChI=1S/C20H30N2O6/c1-20(2,3)28-19(24)21-14-7-9-22(10-8-14)18(23)13-11-15(25-4)17(27-6)16(12-13)26-5/h11-12,14H,7-10H2,1-6H3,(H,21,24). The molecule has 0 unspecified atom stereocenters. The summed E-state index contributed by atoms with van der Waals surface area (Å²) in [4.78, 5) is 26.6. The van der Waals surface area contributed by atoms with E-state index >= 15 is 0 Å². The third kappa shape index (κ3) is 5.43. The Kier molecular flexibility index (Phi) is 6.99. The normalized spacial score (nSPS) is 15.0. The molecule has 8 nitrogen and oxygen atoms in total. The fraction of sp³-hybridized carbons (Fsp3) is 0.600. The topological polar surface area (TPSA) is 86.3 Å². The van der Waals surface area contributed by atoms with Gasteiger partial charge in [-0.2, -0.15) is 0 Å². The van der Waals surface area contributed by atoms with Crippen molar-refractivity contribution in [3.63, 3.8) is 0 Å². The van der Waals surface area contributed by atoms with Crippen molar-refractivity contribution in [2.45, 2.75) is 45.3 Å². The molecule has 0 bridgehead atoms. The Hall–Kier alpha value is -2.64. The van der Waals surface area contributed by atoms with Gasteiger partial charge in [0.25, 0.3) is 5.91 Å². The molecule has 1 saturated heterocycles. The fourth-order valence-electron chi connectivity index (χ4n) is 3.09. The van der Waals surface area contributed by atoms with Gasteiger partial charge in [0.1, 0.15) is 5.60 Å². The number of hydrogen-bond donors (Lipinski definition) is 1. The minimum atomic E-state index is -0.534. The number of alkyl carbamates (subject to hydrolysis) is 1. The summed E-state index contributed by atoms with van der Waals surface area (Å²) in [6.07, 6.45) is 0.895. The maximum atomic E-state index is 12.9. The van der Waals surface area contributed by atoms with Gasteiger partial charge in [-0.15, -0.1) is 0 Å². The summed E-state index contributed by atoms with van der Waals surface area (Å²) in [5.74, 6) is 1.20. The van der Waals surface area contributed by atoms with Gasteiger partial charge in [-0.05, 0) is 45.7 Å². The predicted octanol–water partition coefficient (Wildman–Crippen LogP) is 2.84. The maximum absolute atomic E-state index is 12.9. The molecule has 1 aromatic rings. The van der Waals surface area contributed by atoms with E-state index in [2.05, 4.69) is 5.32 Å². The molecule has 1 heterocycles. The Morgan fingerprint density at radius 3 is 1.96 bits per heavy atom. The number of nitrogens with one attached hydrogen (secondary N) is 1. The van der Waals surface area contributed by atoms with Gasteiger partial charge in [-0.1, -0.05) is 0 Å². The maximum Gasteiger partial charge on any atom is 0.407 e. The average molecular weight is 394 g/mol. The van der Waals surface area contributed by atoms with Crippen LogP contribution in [0.2, 0.25) is 0 Å². The number of nitrogens with zero attached hydrogens (tertiary/aromatic N) is 1. The predicted molar refractivity (Wildman–Crippen MR) is 104 cm³/mol. The minimum Gasteiger partial charge on any atom is -0.493 e. The third-order valence-electron chi connectivity index (χ3n) is 4.41. The molecule has 2 rings (SSSR count). The van der Waals surface area contributed by atoms with Crippen molar-refractivity contribution in [2.24, 2.45) is 0 Å². The SMILES string of the molecule is COc1cc(C(=O)N2CCC(NC(=O)OC(C)(C)C)CC2)cc(OC)c1OC. The van der Waals surface area contributed by atoms with Crippen LogP contribution in [0.5, 0.6) is 17.2 Å². The number of hydrogen-bond acceptors (Lipinski definition) is 6. The van der Waals surface area contributed by atoms with Gasteiger partial charge in [-0.25, -0.2) is 4.79 Å². The number of benzene rings is 1. The monoisotopic (exact) mass is 394 g/mol. The number of carbonyl (C=O) groups excluding carboxylic acids is 2. The van der Waals surface area contributed by atoms with Crippen LogP contribution in [-0.4, -0.2) is 63.0 Å². The number of likely N-dealkylation sites (tertiary alicyclic amines) is 1. The van der Waals surface area contributed by atoms with Gasteiger partial charge in [-0.3, -0.25) is 4.79 Å². The number of amides is 2. The van der Waals surface area contributed by atoms with Gasteiger partial charge in [0, 0.05) is 24.7 Å². The highest BCUT2D eigenvalue weighted by Crippen LogP contribution is 2.38. The van der Waals surface area contributed by atoms with Crippen LogP contribution < -0.4 is 19.5 Å². The molecule has 156 valence electrons. The molecule has 1 aliphatic rings. The molecule has 1 aromatic carbocycles. The van der Waals surface area contributed by atoms with E-state index in [-0.39, 0.29) is 11.9 Å².